The smallest absolute Gasteiger partial charge is 0.254 e. The zero-order valence-corrected chi connectivity index (χ0v) is 16.0. The molecule has 0 bridgehead atoms. The molecule has 1 atom stereocenters. The number of morpholine rings is 1. The molecule has 27 heavy (non-hydrogen) atoms. The van der Waals surface area contributed by atoms with Crippen molar-refractivity contribution in [3.05, 3.63) is 42.2 Å². The fourth-order valence-electron chi connectivity index (χ4n) is 4.14. The van der Waals surface area contributed by atoms with E-state index in [4.69, 9.17) is 4.74 Å². The van der Waals surface area contributed by atoms with Crippen LogP contribution in [0.4, 0.5) is 0 Å². The molecule has 3 heterocycles. The van der Waals surface area contributed by atoms with E-state index in [1.54, 1.807) is 6.20 Å². The van der Waals surface area contributed by atoms with Crippen LogP contribution in [-0.4, -0.2) is 70.7 Å². The first-order valence-corrected chi connectivity index (χ1v) is 9.91. The van der Waals surface area contributed by atoms with Crippen molar-refractivity contribution in [2.45, 2.75) is 25.3 Å². The molecule has 2 fully saturated rings. The fraction of sp³-hybridized carbons (Fsp3) is 0.524. The summed E-state index contributed by atoms with van der Waals surface area (Å²) in [5, 5.41) is 0. The van der Waals surface area contributed by atoms with Gasteiger partial charge >= 0.3 is 0 Å². The van der Waals surface area contributed by atoms with Crippen LogP contribution >= 0.6 is 0 Å². The molecule has 2 aliphatic heterocycles. The maximum absolute atomic E-state index is 13.3. The lowest BCUT2D eigenvalue weighted by atomic mass is 9.99. The number of rotatable bonds is 4. The van der Waals surface area contributed by atoms with E-state index in [-0.39, 0.29) is 5.91 Å². The van der Waals surface area contributed by atoms with Gasteiger partial charge in [0, 0.05) is 62.8 Å². The van der Waals surface area contributed by atoms with Crippen molar-refractivity contribution in [1.29, 1.82) is 0 Å². The first-order chi connectivity index (χ1) is 13.2. The number of likely N-dealkylation sites (tertiary alicyclic amines) is 1. The first kappa shape index (κ1) is 18.2. The van der Waals surface area contributed by atoms with Gasteiger partial charge in [0.05, 0.1) is 13.2 Å². The molecule has 6 nitrogen and oxygen atoms in total. The predicted octanol–water partition coefficient (Wildman–Crippen LogP) is 2.41. The Morgan fingerprint density at radius 2 is 2.07 bits per heavy atom. The largest absolute Gasteiger partial charge is 0.379 e. The molecule has 2 saturated heterocycles. The Bertz CT molecular complexity index is 782. The minimum atomic E-state index is 0.143. The van der Waals surface area contributed by atoms with Crippen LogP contribution in [-0.2, 0) is 11.8 Å². The number of aromatic nitrogens is 2. The van der Waals surface area contributed by atoms with Gasteiger partial charge in [0.15, 0.2) is 0 Å². The lowest BCUT2D eigenvalue weighted by Gasteiger charge is -2.39. The fourth-order valence-corrected chi connectivity index (χ4v) is 4.14. The van der Waals surface area contributed by atoms with Gasteiger partial charge in [-0.3, -0.25) is 9.69 Å². The van der Waals surface area contributed by atoms with Crippen molar-refractivity contribution in [3.8, 4) is 11.4 Å². The highest BCUT2D eigenvalue weighted by molar-refractivity contribution is 5.95. The van der Waals surface area contributed by atoms with Crippen LogP contribution in [0.25, 0.3) is 11.4 Å². The Kier molecular flexibility index (Phi) is 5.55. The van der Waals surface area contributed by atoms with E-state index in [0.29, 0.717) is 6.04 Å². The lowest BCUT2D eigenvalue weighted by molar-refractivity contribution is 0.0166. The van der Waals surface area contributed by atoms with Crippen LogP contribution in [0.5, 0.6) is 0 Å². The summed E-state index contributed by atoms with van der Waals surface area (Å²) in [5.41, 5.74) is 1.74. The van der Waals surface area contributed by atoms with Crippen LogP contribution in [0.15, 0.2) is 36.7 Å². The SMILES string of the molecule is Cn1ccnc1-c1cccc(C(=O)N2CCCC[C@H]2CN2CCOCC2)c1. The van der Waals surface area contributed by atoms with Gasteiger partial charge in [-0.05, 0) is 31.4 Å². The summed E-state index contributed by atoms with van der Waals surface area (Å²) >= 11 is 0. The van der Waals surface area contributed by atoms with E-state index in [2.05, 4.69) is 14.8 Å². The van der Waals surface area contributed by atoms with Crippen molar-refractivity contribution in [2.24, 2.45) is 7.05 Å². The van der Waals surface area contributed by atoms with Crippen molar-refractivity contribution in [1.82, 2.24) is 19.4 Å². The zero-order chi connectivity index (χ0) is 18.6. The van der Waals surface area contributed by atoms with E-state index in [9.17, 15) is 4.79 Å². The molecule has 0 N–H and O–H groups in total. The second kappa shape index (κ2) is 8.23. The van der Waals surface area contributed by atoms with E-state index in [1.165, 1.54) is 6.42 Å². The Hall–Kier alpha value is -2.18. The number of piperidine rings is 1. The number of imidazole rings is 1. The number of ether oxygens (including phenoxy) is 1. The molecule has 0 spiro atoms. The quantitative estimate of drug-likeness (QED) is 0.832. The van der Waals surface area contributed by atoms with Crippen LogP contribution in [0.1, 0.15) is 29.6 Å². The molecule has 1 aromatic heterocycles. The maximum atomic E-state index is 13.3. The van der Waals surface area contributed by atoms with E-state index < -0.39 is 0 Å². The Balaban J connectivity index is 1.52. The highest BCUT2D eigenvalue weighted by Gasteiger charge is 2.29. The van der Waals surface area contributed by atoms with E-state index >= 15 is 0 Å². The summed E-state index contributed by atoms with van der Waals surface area (Å²) in [6.45, 7) is 5.33. The highest BCUT2D eigenvalue weighted by atomic mass is 16.5. The summed E-state index contributed by atoms with van der Waals surface area (Å²) in [5.74, 6) is 1.03. The summed E-state index contributed by atoms with van der Waals surface area (Å²) < 4.78 is 7.44. The molecule has 0 unspecified atom stereocenters. The maximum Gasteiger partial charge on any atom is 0.254 e. The molecule has 0 aliphatic carbocycles. The normalized spacial score (nSPS) is 21.4. The van der Waals surface area contributed by atoms with Crippen molar-refractivity contribution >= 4 is 5.91 Å². The number of carbonyl (C=O) groups is 1. The Labute approximate surface area is 160 Å². The Morgan fingerprint density at radius 1 is 1.22 bits per heavy atom. The van der Waals surface area contributed by atoms with Gasteiger partial charge in [0.25, 0.3) is 5.91 Å². The number of nitrogens with zero attached hydrogens (tertiary/aromatic N) is 4. The minimum absolute atomic E-state index is 0.143. The standard InChI is InChI=1S/C21H28N4O2/c1-23-10-8-22-20(23)17-5-4-6-18(15-17)21(26)25-9-3-2-7-19(25)16-24-11-13-27-14-12-24/h4-6,8,10,15,19H,2-3,7,9,11-14,16H2,1H3/t19-/m0/s1. The van der Waals surface area contributed by atoms with E-state index in [1.807, 2.05) is 42.1 Å². The monoisotopic (exact) mass is 368 g/mol. The topological polar surface area (TPSA) is 50.6 Å². The third-order valence-corrected chi connectivity index (χ3v) is 5.65. The molecule has 1 amide bonds. The summed E-state index contributed by atoms with van der Waals surface area (Å²) in [6, 6.07) is 8.17. The predicted molar refractivity (Wildman–Crippen MR) is 105 cm³/mol. The molecule has 2 aliphatic rings. The Morgan fingerprint density at radius 3 is 2.85 bits per heavy atom. The van der Waals surface area contributed by atoms with Crippen LogP contribution in [0.3, 0.4) is 0 Å². The molecule has 4 rings (SSSR count). The lowest BCUT2D eigenvalue weighted by Crippen LogP contribution is -2.51. The number of aryl methyl sites for hydroxylation is 1. The second-order valence-electron chi connectivity index (χ2n) is 7.50. The molecular formula is C21H28N4O2. The van der Waals surface area contributed by atoms with Gasteiger partial charge in [0.1, 0.15) is 5.82 Å². The van der Waals surface area contributed by atoms with Crippen LogP contribution < -0.4 is 0 Å². The van der Waals surface area contributed by atoms with Gasteiger partial charge in [-0.25, -0.2) is 4.98 Å². The van der Waals surface area contributed by atoms with Gasteiger partial charge in [-0.1, -0.05) is 12.1 Å². The molecule has 2 aromatic rings. The molecule has 0 radical (unpaired) electrons. The summed E-state index contributed by atoms with van der Waals surface area (Å²) in [7, 11) is 1.97. The third kappa shape index (κ3) is 4.06. The van der Waals surface area contributed by atoms with Gasteiger partial charge in [-0.2, -0.15) is 0 Å². The number of benzene rings is 1. The van der Waals surface area contributed by atoms with Crippen molar-refractivity contribution in [3.63, 3.8) is 0 Å². The van der Waals surface area contributed by atoms with Gasteiger partial charge in [0.2, 0.25) is 0 Å². The van der Waals surface area contributed by atoms with Crippen LogP contribution in [0.2, 0.25) is 0 Å². The number of carbonyl (C=O) groups excluding carboxylic acids is 1. The zero-order valence-electron chi connectivity index (χ0n) is 16.0. The minimum Gasteiger partial charge on any atom is -0.379 e. The first-order valence-electron chi connectivity index (χ1n) is 9.91. The van der Waals surface area contributed by atoms with Crippen LogP contribution in [0, 0.1) is 0 Å². The summed E-state index contributed by atoms with van der Waals surface area (Å²) in [4.78, 5) is 22.3. The highest BCUT2D eigenvalue weighted by Crippen LogP contribution is 2.23. The summed E-state index contributed by atoms with van der Waals surface area (Å²) in [6.07, 6.45) is 7.08. The molecule has 6 heteroatoms. The average molecular weight is 368 g/mol. The number of hydrogen-bond donors (Lipinski definition) is 0. The molecule has 1 aromatic carbocycles. The molecular weight excluding hydrogens is 340 g/mol. The van der Waals surface area contributed by atoms with Crippen molar-refractivity contribution in [2.75, 3.05) is 39.4 Å². The van der Waals surface area contributed by atoms with Crippen molar-refractivity contribution < 1.29 is 9.53 Å². The number of amides is 1. The van der Waals surface area contributed by atoms with E-state index in [0.717, 1.165) is 69.2 Å². The van der Waals surface area contributed by atoms with Gasteiger partial charge < -0.3 is 14.2 Å². The molecule has 144 valence electrons. The van der Waals surface area contributed by atoms with Gasteiger partial charge in [-0.15, -0.1) is 0 Å². The number of hydrogen-bond acceptors (Lipinski definition) is 4. The average Bonchev–Trinajstić information content (AvgIpc) is 3.15. The second-order valence-corrected chi connectivity index (χ2v) is 7.50. The molecule has 0 saturated carbocycles. The third-order valence-electron chi connectivity index (χ3n) is 5.65.